The van der Waals surface area contributed by atoms with Crippen LogP contribution in [0.5, 0.6) is 5.75 Å². The molecule has 216 valence electrons. The normalized spacial score (nSPS) is 17.7. The van der Waals surface area contributed by atoms with Crippen molar-refractivity contribution in [2.45, 2.75) is 96.6 Å². The van der Waals surface area contributed by atoms with E-state index in [0.29, 0.717) is 6.54 Å². The smallest absolute Gasteiger partial charge is 0.193 e. The molecule has 0 heterocycles. The van der Waals surface area contributed by atoms with E-state index in [0.717, 1.165) is 28.1 Å². The average Bonchev–Trinajstić information content (AvgIpc) is 2.88. The fourth-order valence-corrected chi connectivity index (χ4v) is 7.16. The Balaban J connectivity index is 1.89. The Bertz CT molecular complexity index is 1310. The largest absolute Gasteiger partial charge is 0.494 e. The second-order valence-corrected chi connectivity index (χ2v) is 23.7. The highest BCUT2D eigenvalue weighted by molar-refractivity contribution is 6.74. The highest BCUT2D eigenvalue weighted by atomic mass is 28.4. The molecule has 3 aromatic rings. The molecule has 1 aliphatic carbocycles. The average molecular weight is 576 g/mol. The minimum absolute atomic E-state index is 0.0792. The van der Waals surface area contributed by atoms with Crippen molar-refractivity contribution in [2.75, 3.05) is 12.4 Å². The summed E-state index contributed by atoms with van der Waals surface area (Å²) in [5.74, 6) is 0.867. The molecule has 40 heavy (non-hydrogen) atoms. The zero-order chi connectivity index (χ0) is 29.5. The maximum atomic E-state index is 7.17. The van der Waals surface area contributed by atoms with Gasteiger partial charge in [-0.15, -0.1) is 0 Å². The summed E-state index contributed by atoms with van der Waals surface area (Å²) >= 11 is 0. The minimum atomic E-state index is -2.11. The van der Waals surface area contributed by atoms with Gasteiger partial charge in [-0.1, -0.05) is 102 Å². The Labute approximate surface area is 244 Å². The summed E-state index contributed by atoms with van der Waals surface area (Å²) in [4.78, 5) is 0. The second-order valence-electron chi connectivity index (χ2n) is 14.1. The molecule has 0 saturated carbocycles. The van der Waals surface area contributed by atoms with Crippen molar-refractivity contribution >= 4 is 22.3 Å². The number of ether oxygens (including phenoxy) is 1. The van der Waals surface area contributed by atoms with E-state index in [2.05, 4.69) is 140 Å². The van der Waals surface area contributed by atoms with Crippen LogP contribution in [0.3, 0.4) is 0 Å². The predicted octanol–water partition coefficient (Wildman–Crippen LogP) is 10.1. The summed E-state index contributed by atoms with van der Waals surface area (Å²) in [5.41, 5.74) is 6.83. The molecule has 0 aliphatic heterocycles. The van der Waals surface area contributed by atoms with Crippen molar-refractivity contribution in [2.24, 2.45) is 0 Å². The van der Waals surface area contributed by atoms with Crippen LogP contribution < -0.4 is 10.1 Å². The quantitative estimate of drug-likeness (QED) is 0.258. The van der Waals surface area contributed by atoms with Crippen LogP contribution >= 0.6 is 0 Å². The zero-order valence-electron chi connectivity index (χ0n) is 26.4. The lowest BCUT2D eigenvalue weighted by Gasteiger charge is -2.51. The van der Waals surface area contributed by atoms with Crippen molar-refractivity contribution in [1.29, 1.82) is 0 Å². The van der Waals surface area contributed by atoms with Crippen LogP contribution in [-0.4, -0.2) is 23.7 Å². The van der Waals surface area contributed by atoms with E-state index >= 15 is 0 Å². The molecule has 0 bridgehead atoms. The van der Waals surface area contributed by atoms with Gasteiger partial charge in [0.15, 0.2) is 16.6 Å². The van der Waals surface area contributed by atoms with E-state index in [1.165, 1.54) is 11.1 Å². The highest BCUT2D eigenvalue weighted by Crippen LogP contribution is 2.60. The van der Waals surface area contributed by atoms with Crippen LogP contribution in [0, 0.1) is 0 Å². The maximum Gasteiger partial charge on any atom is 0.193 e. The first-order valence-corrected chi connectivity index (χ1v) is 20.3. The number of benzene rings is 3. The van der Waals surface area contributed by atoms with Gasteiger partial charge in [0.1, 0.15) is 18.0 Å². The number of anilines is 1. The Morgan fingerprint density at radius 2 is 1.23 bits per heavy atom. The van der Waals surface area contributed by atoms with Crippen molar-refractivity contribution < 1.29 is 13.6 Å². The summed E-state index contributed by atoms with van der Waals surface area (Å²) in [6.45, 7) is 23.8. The molecule has 4 nitrogen and oxygen atoms in total. The summed E-state index contributed by atoms with van der Waals surface area (Å²) in [5, 5.41) is 3.92. The van der Waals surface area contributed by atoms with Crippen molar-refractivity contribution in [3.8, 4) is 16.9 Å². The summed E-state index contributed by atoms with van der Waals surface area (Å²) in [7, 11) is -2.42. The van der Waals surface area contributed by atoms with Gasteiger partial charge in [0.2, 0.25) is 0 Å². The molecule has 1 aliphatic rings. The van der Waals surface area contributed by atoms with Gasteiger partial charge in [0, 0.05) is 17.7 Å². The summed E-state index contributed by atoms with van der Waals surface area (Å²) in [6, 6.07) is 23.4. The van der Waals surface area contributed by atoms with E-state index in [9.17, 15) is 0 Å². The number of rotatable bonds is 9. The topological polar surface area (TPSA) is 39.7 Å². The van der Waals surface area contributed by atoms with Gasteiger partial charge >= 0.3 is 0 Å². The molecule has 0 saturated heterocycles. The van der Waals surface area contributed by atoms with Crippen molar-refractivity contribution in [3.63, 3.8) is 0 Å². The van der Waals surface area contributed by atoms with Crippen LogP contribution in [0.4, 0.5) is 5.69 Å². The van der Waals surface area contributed by atoms with Crippen LogP contribution in [-0.2, 0) is 15.4 Å². The van der Waals surface area contributed by atoms with E-state index in [1.54, 1.807) is 7.11 Å². The van der Waals surface area contributed by atoms with Gasteiger partial charge in [-0.3, -0.25) is 0 Å². The van der Waals surface area contributed by atoms with E-state index < -0.39 is 16.6 Å². The molecule has 6 heteroatoms. The fourth-order valence-electron chi connectivity index (χ4n) is 4.69. The van der Waals surface area contributed by atoms with Crippen molar-refractivity contribution in [3.05, 3.63) is 83.4 Å². The molecule has 4 rings (SSSR count). The monoisotopic (exact) mass is 575 g/mol. The Morgan fingerprint density at radius 1 is 0.725 bits per heavy atom. The van der Waals surface area contributed by atoms with Crippen molar-refractivity contribution in [1.82, 2.24) is 0 Å². The predicted molar refractivity (Wildman–Crippen MR) is 174 cm³/mol. The molecule has 0 radical (unpaired) electrons. The van der Waals surface area contributed by atoms with Crippen LogP contribution in [0.2, 0.25) is 36.3 Å². The number of methoxy groups -OCH3 is 1. The van der Waals surface area contributed by atoms with Crippen LogP contribution in [0.25, 0.3) is 11.1 Å². The highest BCUT2D eigenvalue weighted by Gasteiger charge is 2.52. The molecule has 1 N–H and O–H groups in total. The molecule has 2 atom stereocenters. The van der Waals surface area contributed by atoms with Gasteiger partial charge in [-0.05, 0) is 59.0 Å². The lowest BCUT2D eigenvalue weighted by molar-refractivity contribution is 0.00217. The van der Waals surface area contributed by atoms with Crippen LogP contribution in [0.1, 0.15) is 70.4 Å². The van der Waals surface area contributed by atoms with Gasteiger partial charge in [-0.2, -0.15) is 0 Å². The van der Waals surface area contributed by atoms with Gasteiger partial charge < -0.3 is 18.9 Å². The van der Waals surface area contributed by atoms with Gasteiger partial charge in [-0.25, -0.2) is 0 Å². The summed E-state index contributed by atoms with van der Waals surface area (Å²) in [6.07, 6.45) is -0.286. The number of hydrogen-bond acceptors (Lipinski definition) is 4. The molecule has 3 aromatic carbocycles. The molecule has 0 unspecified atom stereocenters. The maximum absolute atomic E-state index is 7.17. The summed E-state index contributed by atoms with van der Waals surface area (Å²) < 4.78 is 20.6. The lowest BCUT2D eigenvalue weighted by atomic mass is 9.79. The third-order valence-electron chi connectivity index (χ3n) is 9.27. The van der Waals surface area contributed by atoms with Gasteiger partial charge in [0.05, 0.1) is 12.8 Å². The molecular weight excluding hydrogens is 527 g/mol. The molecule has 0 aromatic heterocycles. The Morgan fingerprint density at radius 3 is 1.73 bits per heavy atom. The Hall–Kier alpha value is -2.39. The molecule has 0 fully saturated rings. The first-order chi connectivity index (χ1) is 18.6. The molecular formula is C34H49NO3Si2. The first kappa shape index (κ1) is 30.6. The van der Waals surface area contributed by atoms with E-state index in [1.807, 2.05) is 0 Å². The standard InChI is InChI=1S/C34H49NO3Si2/c1-33(2,3)39(8,9)37-30-27-22-26(25-20-16-13-17-21-25)29(35-23-24-18-14-12-15-19-24)31(36-7)28(27)32(30)38-40(10,11)34(4,5)6/h12-22,30,32,35H,23H2,1-11H3/t30-,32-/m0/s1. The number of hydrogen-bond donors (Lipinski definition) is 1. The number of nitrogens with one attached hydrogen (secondary N) is 1. The van der Waals surface area contributed by atoms with Gasteiger partial charge in [0.25, 0.3) is 0 Å². The third kappa shape index (κ3) is 5.96. The first-order valence-electron chi connectivity index (χ1n) is 14.5. The van der Waals surface area contributed by atoms with E-state index in [-0.39, 0.29) is 22.3 Å². The number of fused-ring (bicyclic) bond motifs is 1. The third-order valence-corrected chi connectivity index (χ3v) is 18.2. The molecule has 0 amide bonds. The Kier molecular flexibility index (Phi) is 8.50. The minimum Gasteiger partial charge on any atom is -0.494 e. The fraction of sp³-hybridized carbons (Fsp3) is 0.471. The zero-order valence-corrected chi connectivity index (χ0v) is 28.4. The van der Waals surface area contributed by atoms with Crippen LogP contribution in [0.15, 0.2) is 66.7 Å². The SMILES string of the molecule is COc1c(NCc2ccccc2)c(-c2ccccc2)cc2c1[C@H](O[Si](C)(C)C(C)(C)C)[C@H]2O[Si](C)(C)C(C)(C)C. The second kappa shape index (κ2) is 11.1. The lowest BCUT2D eigenvalue weighted by Crippen LogP contribution is -2.49. The molecule has 0 spiro atoms. The van der Waals surface area contributed by atoms with E-state index in [4.69, 9.17) is 13.6 Å².